The molecule has 4 nitrogen and oxygen atoms in total. The van der Waals surface area contributed by atoms with Crippen molar-refractivity contribution in [3.05, 3.63) is 11.9 Å². The number of rotatable bonds is 7. The maximum atomic E-state index is 5.39. The molecule has 1 atom stereocenters. The Hall–Kier alpha value is -1.03. The lowest BCUT2D eigenvalue weighted by Gasteiger charge is -2.22. The van der Waals surface area contributed by atoms with Gasteiger partial charge in [0.05, 0.1) is 25.0 Å². The molecule has 0 spiro atoms. The van der Waals surface area contributed by atoms with E-state index in [1.807, 2.05) is 11.7 Å². The van der Waals surface area contributed by atoms with Crippen LogP contribution in [0, 0.1) is 0 Å². The molecule has 0 saturated heterocycles. The van der Waals surface area contributed by atoms with Gasteiger partial charge in [-0.1, -0.05) is 33.6 Å². The number of hydrogen-bond donors (Lipinski definition) is 1. The van der Waals surface area contributed by atoms with Gasteiger partial charge >= 0.3 is 0 Å². The third-order valence-electron chi connectivity index (χ3n) is 2.88. The highest BCUT2D eigenvalue weighted by atomic mass is 16.5. The third-order valence-corrected chi connectivity index (χ3v) is 2.88. The van der Waals surface area contributed by atoms with Crippen molar-refractivity contribution in [3.63, 3.8) is 0 Å². The summed E-state index contributed by atoms with van der Waals surface area (Å²) in [5.41, 5.74) is 1.15. The number of aromatic nitrogens is 2. The minimum atomic E-state index is 0.317. The van der Waals surface area contributed by atoms with Crippen molar-refractivity contribution >= 4 is 0 Å². The van der Waals surface area contributed by atoms with Gasteiger partial charge < -0.3 is 10.1 Å². The number of nitrogens with one attached hydrogen (secondary N) is 1. The third kappa shape index (κ3) is 3.73. The molecule has 1 aromatic rings. The predicted molar refractivity (Wildman–Crippen MR) is 70.3 cm³/mol. The Morgan fingerprint density at radius 3 is 2.71 bits per heavy atom. The molecule has 1 unspecified atom stereocenters. The summed E-state index contributed by atoms with van der Waals surface area (Å²) in [4.78, 5) is 0. The van der Waals surface area contributed by atoms with Crippen LogP contribution >= 0.6 is 0 Å². The molecule has 4 heteroatoms. The van der Waals surface area contributed by atoms with Gasteiger partial charge in [-0.05, 0) is 6.42 Å². The highest BCUT2D eigenvalue weighted by Gasteiger charge is 2.20. The minimum absolute atomic E-state index is 0.317. The Morgan fingerprint density at radius 1 is 1.47 bits per heavy atom. The molecule has 0 radical (unpaired) electrons. The first kappa shape index (κ1) is 14.0. The molecule has 1 N–H and O–H groups in total. The van der Waals surface area contributed by atoms with Crippen molar-refractivity contribution in [2.45, 2.75) is 52.1 Å². The molecule has 0 saturated carbocycles. The summed E-state index contributed by atoms with van der Waals surface area (Å²) in [7, 11) is 3.67. The largest absolute Gasteiger partial charge is 0.493 e. The molecule has 0 bridgehead atoms. The minimum Gasteiger partial charge on any atom is -0.493 e. The topological polar surface area (TPSA) is 39.1 Å². The van der Waals surface area contributed by atoms with Crippen molar-refractivity contribution in [1.82, 2.24) is 15.1 Å². The van der Waals surface area contributed by atoms with Crippen LogP contribution in [0.1, 0.15) is 51.8 Å². The molecule has 0 aliphatic rings. The number of ether oxygens (including phenoxy) is 1. The second-order valence-electron chi connectivity index (χ2n) is 4.74. The number of hydrogen-bond acceptors (Lipinski definition) is 3. The number of aryl methyl sites for hydroxylation is 1. The summed E-state index contributed by atoms with van der Waals surface area (Å²) in [5.74, 6) is 0.877. The molecule has 1 rings (SSSR count). The number of nitrogens with zero attached hydrogens (tertiary/aromatic N) is 2. The van der Waals surface area contributed by atoms with Crippen LogP contribution in [-0.4, -0.2) is 22.9 Å². The van der Waals surface area contributed by atoms with Crippen LogP contribution in [0.2, 0.25) is 0 Å². The van der Waals surface area contributed by atoms with Crippen LogP contribution in [0.15, 0.2) is 6.20 Å². The van der Waals surface area contributed by atoms with Crippen LogP contribution < -0.4 is 10.1 Å². The molecular formula is C13H25N3O. The SMILES string of the molecule is CCCCC(NC(C)C)c1c(OC)cnn1C. The van der Waals surface area contributed by atoms with Crippen LogP contribution in [0.4, 0.5) is 0 Å². The molecule has 17 heavy (non-hydrogen) atoms. The molecule has 0 aliphatic carbocycles. The molecule has 0 fully saturated rings. The van der Waals surface area contributed by atoms with Crippen molar-refractivity contribution < 1.29 is 4.74 Å². The molecule has 0 amide bonds. The Balaban J connectivity index is 2.89. The fourth-order valence-electron chi connectivity index (χ4n) is 2.09. The van der Waals surface area contributed by atoms with E-state index in [4.69, 9.17) is 4.74 Å². The van der Waals surface area contributed by atoms with Gasteiger partial charge in [0.15, 0.2) is 5.75 Å². The van der Waals surface area contributed by atoms with Gasteiger partial charge in [0, 0.05) is 13.1 Å². The van der Waals surface area contributed by atoms with Crippen molar-refractivity contribution in [2.75, 3.05) is 7.11 Å². The van der Waals surface area contributed by atoms with Gasteiger partial charge in [-0.25, -0.2) is 0 Å². The average Bonchev–Trinajstić information content (AvgIpc) is 2.65. The van der Waals surface area contributed by atoms with Crippen molar-refractivity contribution in [3.8, 4) is 5.75 Å². The van der Waals surface area contributed by atoms with Crippen LogP contribution in [0.5, 0.6) is 5.75 Å². The van der Waals surface area contributed by atoms with Crippen molar-refractivity contribution in [2.24, 2.45) is 7.05 Å². The summed E-state index contributed by atoms with van der Waals surface area (Å²) in [5, 5.41) is 7.87. The highest BCUT2D eigenvalue weighted by Crippen LogP contribution is 2.28. The summed E-state index contributed by atoms with van der Waals surface area (Å²) < 4.78 is 7.30. The first-order valence-electron chi connectivity index (χ1n) is 6.42. The first-order valence-corrected chi connectivity index (χ1v) is 6.42. The lowest BCUT2D eigenvalue weighted by molar-refractivity contribution is 0.374. The van der Waals surface area contributed by atoms with E-state index in [1.54, 1.807) is 13.3 Å². The second kappa shape index (κ2) is 6.64. The van der Waals surface area contributed by atoms with Gasteiger partial charge in [0.25, 0.3) is 0 Å². The molecule has 1 aromatic heterocycles. The van der Waals surface area contributed by atoms with Gasteiger partial charge in [-0.15, -0.1) is 0 Å². The molecule has 0 aromatic carbocycles. The average molecular weight is 239 g/mol. The molecular weight excluding hydrogens is 214 g/mol. The van der Waals surface area contributed by atoms with Crippen molar-refractivity contribution in [1.29, 1.82) is 0 Å². The summed E-state index contributed by atoms with van der Waals surface area (Å²) in [6.45, 7) is 6.55. The summed E-state index contributed by atoms with van der Waals surface area (Å²) in [6, 6.07) is 0.772. The van der Waals surface area contributed by atoms with E-state index in [2.05, 4.69) is 31.2 Å². The first-order chi connectivity index (χ1) is 8.10. The number of methoxy groups -OCH3 is 1. The number of unbranched alkanes of at least 4 members (excludes halogenated alkanes) is 1. The predicted octanol–water partition coefficient (Wildman–Crippen LogP) is 2.66. The van der Waals surface area contributed by atoms with E-state index < -0.39 is 0 Å². The lowest BCUT2D eigenvalue weighted by atomic mass is 10.1. The Bertz CT molecular complexity index is 333. The Labute approximate surface area is 104 Å². The standard InChI is InChI=1S/C13H25N3O/c1-6-7-8-11(15-10(2)3)13-12(17-5)9-14-16(13)4/h9-11,15H,6-8H2,1-5H3. The summed E-state index contributed by atoms with van der Waals surface area (Å²) in [6.07, 6.45) is 5.32. The van der Waals surface area contributed by atoms with Gasteiger partial charge in [0.2, 0.25) is 0 Å². The fourth-order valence-corrected chi connectivity index (χ4v) is 2.09. The highest BCUT2D eigenvalue weighted by molar-refractivity contribution is 5.28. The molecule has 1 heterocycles. The van der Waals surface area contributed by atoms with E-state index in [0.29, 0.717) is 12.1 Å². The zero-order chi connectivity index (χ0) is 12.8. The Kier molecular flexibility index (Phi) is 5.48. The van der Waals surface area contributed by atoms with E-state index in [-0.39, 0.29) is 0 Å². The van der Waals surface area contributed by atoms with E-state index >= 15 is 0 Å². The van der Waals surface area contributed by atoms with E-state index in [0.717, 1.165) is 17.9 Å². The fraction of sp³-hybridized carbons (Fsp3) is 0.769. The quantitative estimate of drug-likeness (QED) is 0.795. The van der Waals surface area contributed by atoms with E-state index in [9.17, 15) is 0 Å². The maximum Gasteiger partial charge on any atom is 0.161 e. The van der Waals surface area contributed by atoms with Gasteiger partial charge in [-0.2, -0.15) is 5.10 Å². The monoisotopic (exact) mass is 239 g/mol. The van der Waals surface area contributed by atoms with Crippen LogP contribution in [-0.2, 0) is 7.05 Å². The normalized spacial score (nSPS) is 13.1. The molecule has 0 aliphatic heterocycles. The summed E-state index contributed by atoms with van der Waals surface area (Å²) >= 11 is 0. The van der Waals surface area contributed by atoms with Crippen LogP contribution in [0.3, 0.4) is 0 Å². The smallest absolute Gasteiger partial charge is 0.161 e. The molecule has 98 valence electrons. The lowest BCUT2D eigenvalue weighted by Crippen LogP contribution is -2.30. The van der Waals surface area contributed by atoms with Gasteiger partial charge in [0.1, 0.15) is 0 Å². The van der Waals surface area contributed by atoms with E-state index in [1.165, 1.54) is 12.8 Å². The van der Waals surface area contributed by atoms with Crippen LogP contribution in [0.25, 0.3) is 0 Å². The zero-order valence-corrected chi connectivity index (χ0v) is 11.7. The maximum absolute atomic E-state index is 5.39. The Morgan fingerprint density at radius 2 is 2.18 bits per heavy atom. The van der Waals surface area contributed by atoms with Gasteiger partial charge in [-0.3, -0.25) is 4.68 Å². The zero-order valence-electron chi connectivity index (χ0n) is 11.7. The second-order valence-corrected chi connectivity index (χ2v) is 4.74.